The molecule has 1 unspecified atom stereocenters. The summed E-state index contributed by atoms with van der Waals surface area (Å²) in [6.45, 7) is 7.69. The number of nitrogens with zero attached hydrogens (tertiary/aromatic N) is 1. The topological polar surface area (TPSA) is 41.6 Å². The van der Waals surface area contributed by atoms with Crippen molar-refractivity contribution >= 4 is 5.91 Å². The number of carbonyl (C=O) groups excluding carboxylic acids is 1. The molecule has 17 heavy (non-hydrogen) atoms. The summed E-state index contributed by atoms with van der Waals surface area (Å²) in [5.74, 6) is 0.838. The molecular weight excluding hydrogens is 216 g/mol. The van der Waals surface area contributed by atoms with Gasteiger partial charge in [-0.2, -0.15) is 0 Å². The zero-order chi connectivity index (χ0) is 12.3. The zero-order valence-corrected chi connectivity index (χ0v) is 10.9. The van der Waals surface area contributed by atoms with Crippen LogP contribution in [0, 0.1) is 5.92 Å². The van der Waals surface area contributed by atoms with E-state index in [0.717, 1.165) is 26.2 Å². The summed E-state index contributed by atoms with van der Waals surface area (Å²) < 4.78 is 5.65. The Balaban J connectivity index is 1.81. The average molecular weight is 240 g/mol. The molecule has 2 aliphatic heterocycles. The van der Waals surface area contributed by atoms with Gasteiger partial charge in [0.05, 0.1) is 12.2 Å². The van der Waals surface area contributed by atoms with Gasteiger partial charge in [0.2, 0.25) is 5.91 Å². The van der Waals surface area contributed by atoms with Crippen molar-refractivity contribution in [3.63, 3.8) is 0 Å². The van der Waals surface area contributed by atoms with E-state index < -0.39 is 0 Å². The lowest BCUT2D eigenvalue weighted by molar-refractivity contribution is -0.144. The smallest absolute Gasteiger partial charge is 0.223 e. The third-order valence-corrected chi connectivity index (χ3v) is 3.63. The Kier molecular flexibility index (Phi) is 4.40. The highest BCUT2D eigenvalue weighted by Gasteiger charge is 2.27. The van der Waals surface area contributed by atoms with Gasteiger partial charge < -0.3 is 15.0 Å². The van der Waals surface area contributed by atoms with Crippen LogP contribution < -0.4 is 5.32 Å². The van der Waals surface area contributed by atoms with E-state index in [9.17, 15) is 4.79 Å². The summed E-state index contributed by atoms with van der Waals surface area (Å²) in [4.78, 5) is 14.2. The van der Waals surface area contributed by atoms with Crippen molar-refractivity contribution in [2.24, 2.45) is 5.92 Å². The second-order valence-electron chi connectivity index (χ2n) is 5.47. The van der Waals surface area contributed by atoms with E-state index in [2.05, 4.69) is 5.32 Å². The number of hydrogen-bond donors (Lipinski definition) is 1. The van der Waals surface area contributed by atoms with Crippen LogP contribution in [0.15, 0.2) is 0 Å². The lowest BCUT2D eigenvalue weighted by Gasteiger charge is -2.36. The second kappa shape index (κ2) is 5.83. The molecule has 0 aromatic rings. The molecule has 0 aromatic carbocycles. The molecule has 2 aliphatic rings. The van der Waals surface area contributed by atoms with Gasteiger partial charge in [0.25, 0.3) is 0 Å². The van der Waals surface area contributed by atoms with Crippen molar-refractivity contribution < 1.29 is 9.53 Å². The van der Waals surface area contributed by atoms with Crippen molar-refractivity contribution in [2.45, 2.75) is 45.3 Å². The molecule has 1 N–H and O–H groups in total. The minimum Gasteiger partial charge on any atom is -0.372 e. The van der Waals surface area contributed by atoms with Crippen LogP contribution in [0.1, 0.15) is 33.1 Å². The van der Waals surface area contributed by atoms with Crippen LogP contribution in [-0.4, -0.2) is 49.2 Å². The SMILES string of the molecule is C[C@@H]1CN(C(=O)CC2CCCNC2)C[C@H](C)O1. The van der Waals surface area contributed by atoms with Crippen molar-refractivity contribution in [3.05, 3.63) is 0 Å². The summed E-state index contributed by atoms with van der Waals surface area (Å²) >= 11 is 0. The molecular formula is C13H24N2O2. The maximum Gasteiger partial charge on any atom is 0.223 e. The first-order valence-corrected chi connectivity index (χ1v) is 6.79. The summed E-state index contributed by atoms with van der Waals surface area (Å²) in [5.41, 5.74) is 0. The Labute approximate surface area is 104 Å². The van der Waals surface area contributed by atoms with Gasteiger partial charge in [0.15, 0.2) is 0 Å². The standard InChI is InChI=1S/C13H24N2O2/c1-10-8-15(9-11(2)17-10)13(16)6-12-4-3-5-14-7-12/h10-12,14H,3-9H2,1-2H3/t10-,11+,12?. The molecule has 98 valence electrons. The number of amides is 1. The van der Waals surface area contributed by atoms with Crippen LogP contribution in [-0.2, 0) is 9.53 Å². The van der Waals surface area contributed by atoms with E-state index in [0.29, 0.717) is 18.2 Å². The number of nitrogens with one attached hydrogen (secondary N) is 1. The molecule has 0 bridgehead atoms. The fourth-order valence-electron chi connectivity index (χ4n) is 2.86. The van der Waals surface area contributed by atoms with Gasteiger partial charge in [0, 0.05) is 19.5 Å². The molecule has 3 atom stereocenters. The van der Waals surface area contributed by atoms with Crippen molar-refractivity contribution in [3.8, 4) is 0 Å². The molecule has 0 saturated carbocycles. The zero-order valence-electron chi connectivity index (χ0n) is 10.9. The maximum atomic E-state index is 12.2. The first kappa shape index (κ1) is 12.8. The van der Waals surface area contributed by atoms with Gasteiger partial charge in [-0.1, -0.05) is 0 Å². The third-order valence-electron chi connectivity index (χ3n) is 3.63. The fraction of sp³-hybridized carbons (Fsp3) is 0.923. The predicted molar refractivity (Wildman–Crippen MR) is 66.8 cm³/mol. The highest BCUT2D eigenvalue weighted by molar-refractivity contribution is 5.76. The quantitative estimate of drug-likeness (QED) is 0.783. The minimum absolute atomic E-state index is 0.173. The van der Waals surface area contributed by atoms with E-state index in [1.54, 1.807) is 0 Å². The van der Waals surface area contributed by atoms with Crippen LogP contribution in [0.3, 0.4) is 0 Å². The van der Waals surface area contributed by atoms with Crippen molar-refractivity contribution in [2.75, 3.05) is 26.2 Å². The minimum atomic E-state index is 0.173. The van der Waals surface area contributed by atoms with E-state index in [1.165, 1.54) is 12.8 Å². The van der Waals surface area contributed by atoms with Crippen LogP contribution in [0.4, 0.5) is 0 Å². The number of piperidine rings is 1. The predicted octanol–water partition coefficient (Wildman–Crippen LogP) is 1.01. The van der Waals surface area contributed by atoms with Gasteiger partial charge in [-0.15, -0.1) is 0 Å². The molecule has 4 nitrogen and oxygen atoms in total. The van der Waals surface area contributed by atoms with Gasteiger partial charge in [-0.3, -0.25) is 4.79 Å². The monoisotopic (exact) mass is 240 g/mol. The summed E-state index contributed by atoms with van der Waals surface area (Å²) in [5, 5.41) is 3.37. The molecule has 0 aromatic heterocycles. The second-order valence-corrected chi connectivity index (χ2v) is 5.47. The molecule has 2 saturated heterocycles. The van der Waals surface area contributed by atoms with Gasteiger partial charge in [-0.05, 0) is 45.7 Å². The van der Waals surface area contributed by atoms with Crippen LogP contribution in [0.5, 0.6) is 0 Å². The molecule has 0 aliphatic carbocycles. The molecule has 0 spiro atoms. The van der Waals surface area contributed by atoms with E-state index in [4.69, 9.17) is 4.74 Å². The average Bonchev–Trinajstić information content (AvgIpc) is 2.29. The van der Waals surface area contributed by atoms with E-state index >= 15 is 0 Å². The van der Waals surface area contributed by atoms with E-state index in [1.807, 2.05) is 18.7 Å². The molecule has 2 rings (SSSR count). The molecule has 0 radical (unpaired) electrons. The third kappa shape index (κ3) is 3.68. The Morgan fingerprint density at radius 3 is 2.65 bits per heavy atom. The Bertz CT molecular complexity index is 254. The fourth-order valence-corrected chi connectivity index (χ4v) is 2.86. The summed E-state index contributed by atoms with van der Waals surface area (Å²) in [6.07, 6.45) is 3.44. The largest absolute Gasteiger partial charge is 0.372 e. The van der Waals surface area contributed by atoms with Crippen molar-refractivity contribution in [1.82, 2.24) is 10.2 Å². The van der Waals surface area contributed by atoms with Gasteiger partial charge >= 0.3 is 0 Å². The molecule has 4 heteroatoms. The van der Waals surface area contributed by atoms with Crippen LogP contribution in [0.2, 0.25) is 0 Å². The van der Waals surface area contributed by atoms with Gasteiger partial charge in [-0.25, -0.2) is 0 Å². The number of morpholine rings is 1. The number of rotatable bonds is 2. The maximum absolute atomic E-state index is 12.2. The van der Waals surface area contributed by atoms with Gasteiger partial charge in [0.1, 0.15) is 0 Å². The number of ether oxygens (including phenoxy) is 1. The number of carbonyl (C=O) groups is 1. The Hall–Kier alpha value is -0.610. The Morgan fingerprint density at radius 1 is 1.35 bits per heavy atom. The van der Waals surface area contributed by atoms with Crippen LogP contribution in [0.25, 0.3) is 0 Å². The normalized spacial score (nSPS) is 34.7. The highest BCUT2D eigenvalue weighted by Crippen LogP contribution is 2.18. The lowest BCUT2D eigenvalue weighted by Crippen LogP contribution is -2.49. The lowest BCUT2D eigenvalue weighted by atomic mass is 9.95. The highest BCUT2D eigenvalue weighted by atomic mass is 16.5. The first-order valence-electron chi connectivity index (χ1n) is 6.79. The number of hydrogen-bond acceptors (Lipinski definition) is 3. The summed E-state index contributed by atoms with van der Waals surface area (Å²) in [7, 11) is 0. The molecule has 1 amide bonds. The molecule has 2 heterocycles. The molecule has 2 fully saturated rings. The van der Waals surface area contributed by atoms with Crippen molar-refractivity contribution in [1.29, 1.82) is 0 Å². The van der Waals surface area contributed by atoms with E-state index in [-0.39, 0.29) is 12.2 Å². The Morgan fingerprint density at radius 2 is 2.06 bits per heavy atom. The van der Waals surface area contributed by atoms with Crippen LogP contribution >= 0.6 is 0 Å². The first-order chi connectivity index (χ1) is 8.15. The summed E-state index contributed by atoms with van der Waals surface area (Å²) in [6, 6.07) is 0.